The first-order valence-electron chi connectivity index (χ1n) is 9.23. The first kappa shape index (κ1) is 24.9. The molecule has 150 valence electrons. The van der Waals surface area contributed by atoms with Crippen LogP contribution in [-0.4, -0.2) is 45.0 Å². The normalized spacial score (nSPS) is 18.1. The molecule has 0 bridgehead atoms. The fraction of sp³-hybridized carbons (Fsp3) is 0.944. The molecule has 1 aliphatic carbocycles. The van der Waals surface area contributed by atoms with Crippen LogP contribution >= 0.6 is 24.0 Å². The van der Waals surface area contributed by atoms with E-state index in [1.807, 2.05) is 6.92 Å². The predicted octanol–water partition coefficient (Wildman–Crippen LogP) is 3.59. The SMILES string of the molecule is CCNC(=NCC(C)(C)S(C)(=O)=O)NCC1(CC(C)C)CCCC1.I. The van der Waals surface area contributed by atoms with Crippen LogP contribution in [0.25, 0.3) is 0 Å². The van der Waals surface area contributed by atoms with Gasteiger partial charge in [0.05, 0.1) is 11.3 Å². The lowest BCUT2D eigenvalue weighted by molar-refractivity contribution is 0.234. The van der Waals surface area contributed by atoms with Crippen molar-refractivity contribution < 1.29 is 8.42 Å². The molecule has 0 aromatic heterocycles. The van der Waals surface area contributed by atoms with Gasteiger partial charge < -0.3 is 10.6 Å². The second-order valence-electron chi connectivity index (χ2n) is 8.39. The van der Waals surface area contributed by atoms with Crippen molar-refractivity contribution in [2.24, 2.45) is 16.3 Å². The van der Waals surface area contributed by atoms with Gasteiger partial charge in [-0.1, -0.05) is 26.7 Å². The van der Waals surface area contributed by atoms with E-state index in [-0.39, 0.29) is 30.5 Å². The zero-order chi connectivity index (χ0) is 18.4. The average molecular weight is 487 g/mol. The highest BCUT2D eigenvalue weighted by Crippen LogP contribution is 2.42. The molecule has 0 aromatic carbocycles. The topological polar surface area (TPSA) is 70.6 Å². The highest BCUT2D eigenvalue weighted by Gasteiger charge is 2.34. The van der Waals surface area contributed by atoms with Gasteiger partial charge in [0.1, 0.15) is 0 Å². The first-order chi connectivity index (χ1) is 11.0. The summed E-state index contributed by atoms with van der Waals surface area (Å²) in [4.78, 5) is 4.54. The van der Waals surface area contributed by atoms with Gasteiger partial charge in [-0.2, -0.15) is 0 Å². The van der Waals surface area contributed by atoms with E-state index in [1.165, 1.54) is 38.4 Å². The number of halogens is 1. The van der Waals surface area contributed by atoms with Crippen LogP contribution in [0.3, 0.4) is 0 Å². The minimum atomic E-state index is -3.13. The quantitative estimate of drug-likeness (QED) is 0.312. The summed E-state index contributed by atoms with van der Waals surface area (Å²) in [5.74, 6) is 1.41. The molecule has 5 nitrogen and oxygen atoms in total. The summed E-state index contributed by atoms with van der Waals surface area (Å²) in [7, 11) is -3.13. The molecule has 0 aliphatic heterocycles. The number of sulfone groups is 1. The van der Waals surface area contributed by atoms with Crippen molar-refractivity contribution in [2.45, 2.75) is 71.5 Å². The summed E-state index contributed by atoms with van der Waals surface area (Å²) in [6.45, 7) is 12.0. The van der Waals surface area contributed by atoms with Gasteiger partial charge in [0.25, 0.3) is 0 Å². The van der Waals surface area contributed by atoms with Crippen LogP contribution in [0, 0.1) is 11.3 Å². The molecule has 0 saturated heterocycles. The summed E-state index contributed by atoms with van der Waals surface area (Å²) in [6, 6.07) is 0. The van der Waals surface area contributed by atoms with Crippen LogP contribution in [0.1, 0.15) is 66.7 Å². The van der Waals surface area contributed by atoms with E-state index in [0.29, 0.717) is 11.3 Å². The Labute approximate surface area is 172 Å². The Morgan fingerprint density at radius 3 is 2.20 bits per heavy atom. The van der Waals surface area contributed by atoms with Gasteiger partial charge in [-0.05, 0) is 51.4 Å². The van der Waals surface area contributed by atoms with Crippen LogP contribution in [0.15, 0.2) is 4.99 Å². The van der Waals surface area contributed by atoms with Crippen LogP contribution < -0.4 is 10.6 Å². The summed E-state index contributed by atoms with van der Waals surface area (Å²) in [5, 5.41) is 6.72. The molecule has 1 fully saturated rings. The Morgan fingerprint density at radius 2 is 1.76 bits per heavy atom. The lowest BCUT2D eigenvalue weighted by atomic mass is 9.78. The van der Waals surface area contributed by atoms with E-state index in [4.69, 9.17) is 0 Å². The van der Waals surface area contributed by atoms with Crippen molar-refractivity contribution in [1.82, 2.24) is 10.6 Å². The van der Waals surface area contributed by atoms with Gasteiger partial charge in [0.15, 0.2) is 15.8 Å². The summed E-state index contributed by atoms with van der Waals surface area (Å²) in [6.07, 6.45) is 7.67. The van der Waals surface area contributed by atoms with Gasteiger partial charge in [-0.15, -0.1) is 24.0 Å². The van der Waals surface area contributed by atoms with Crippen molar-refractivity contribution in [3.05, 3.63) is 0 Å². The molecule has 0 heterocycles. The maximum absolute atomic E-state index is 11.9. The molecule has 0 spiro atoms. The Morgan fingerprint density at radius 1 is 1.20 bits per heavy atom. The molecule has 0 amide bonds. The molecular formula is C18H38IN3O2S. The lowest BCUT2D eigenvalue weighted by Crippen LogP contribution is -2.44. The van der Waals surface area contributed by atoms with Crippen LogP contribution in [0.2, 0.25) is 0 Å². The highest BCUT2D eigenvalue weighted by molar-refractivity contribution is 14.0. The molecule has 0 aromatic rings. The van der Waals surface area contributed by atoms with Crippen LogP contribution in [-0.2, 0) is 9.84 Å². The third-order valence-corrected chi connectivity index (χ3v) is 7.24. The van der Waals surface area contributed by atoms with Gasteiger partial charge >= 0.3 is 0 Å². The van der Waals surface area contributed by atoms with Crippen molar-refractivity contribution in [2.75, 3.05) is 25.9 Å². The van der Waals surface area contributed by atoms with Crippen molar-refractivity contribution >= 4 is 39.8 Å². The van der Waals surface area contributed by atoms with Gasteiger partial charge in [-0.25, -0.2) is 8.42 Å². The molecule has 25 heavy (non-hydrogen) atoms. The zero-order valence-corrected chi connectivity index (χ0v) is 20.0. The van der Waals surface area contributed by atoms with E-state index in [0.717, 1.165) is 19.0 Å². The largest absolute Gasteiger partial charge is 0.357 e. The molecular weight excluding hydrogens is 449 g/mol. The fourth-order valence-corrected chi connectivity index (χ4v) is 3.74. The molecule has 2 N–H and O–H groups in total. The number of aliphatic imine (C=N–C) groups is 1. The molecule has 1 saturated carbocycles. The minimum absolute atomic E-state index is 0. The maximum Gasteiger partial charge on any atom is 0.191 e. The van der Waals surface area contributed by atoms with E-state index in [9.17, 15) is 8.42 Å². The van der Waals surface area contributed by atoms with Gasteiger partial charge in [0.2, 0.25) is 0 Å². The van der Waals surface area contributed by atoms with Crippen LogP contribution in [0.5, 0.6) is 0 Å². The minimum Gasteiger partial charge on any atom is -0.357 e. The number of rotatable bonds is 8. The monoisotopic (exact) mass is 487 g/mol. The second-order valence-corrected chi connectivity index (χ2v) is 11.0. The Bertz CT molecular complexity index is 524. The van der Waals surface area contributed by atoms with Gasteiger partial charge in [-0.3, -0.25) is 4.99 Å². The number of nitrogens with one attached hydrogen (secondary N) is 2. The predicted molar refractivity (Wildman–Crippen MR) is 119 cm³/mol. The van der Waals surface area contributed by atoms with Gasteiger partial charge in [0, 0.05) is 19.3 Å². The molecule has 1 rings (SSSR count). The van der Waals surface area contributed by atoms with E-state index in [1.54, 1.807) is 13.8 Å². The van der Waals surface area contributed by atoms with Crippen molar-refractivity contribution in [3.63, 3.8) is 0 Å². The summed E-state index contributed by atoms with van der Waals surface area (Å²) in [5.41, 5.74) is 0.358. The Kier molecular flexibility index (Phi) is 10.3. The standard InChI is InChI=1S/C18H37N3O2S.HI/c1-7-19-16(20-13-17(4,5)24(6,22)23)21-14-18(12-15(2)3)10-8-9-11-18;/h15H,7-14H2,1-6H3,(H2,19,20,21);1H. The first-order valence-corrected chi connectivity index (χ1v) is 11.1. The number of hydrogen-bond acceptors (Lipinski definition) is 3. The molecule has 7 heteroatoms. The van der Waals surface area contributed by atoms with Crippen molar-refractivity contribution in [1.29, 1.82) is 0 Å². The van der Waals surface area contributed by atoms with Crippen molar-refractivity contribution in [3.8, 4) is 0 Å². The highest BCUT2D eigenvalue weighted by atomic mass is 127. The zero-order valence-electron chi connectivity index (χ0n) is 16.8. The Hall–Kier alpha value is -0.0500. The molecule has 0 radical (unpaired) electrons. The number of hydrogen-bond donors (Lipinski definition) is 2. The third-order valence-electron chi connectivity index (χ3n) is 5.10. The number of nitrogens with zero attached hydrogens (tertiary/aromatic N) is 1. The van der Waals surface area contributed by atoms with E-state index < -0.39 is 14.6 Å². The molecule has 0 unspecified atom stereocenters. The summed E-state index contributed by atoms with van der Waals surface area (Å²) >= 11 is 0. The molecule has 1 aliphatic rings. The van der Waals surface area contributed by atoms with E-state index >= 15 is 0 Å². The fourth-order valence-electron chi connectivity index (χ4n) is 3.44. The Balaban J connectivity index is 0.00000576. The second kappa shape index (κ2) is 10.3. The number of guanidine groups is 1. The van der Waals surface area contributed by atoms with E-state index in [2.05, 4.69) is 29.5 Å². The van der Waals surface area contributed by atoms with Crippen LogP contribution in [0.4, 0.5) is 0 Å². The smallest absolute Gasteiger partial charge is 0.191 e. The lowest BCUT2D eigenvalue weighted by Gasteiger charge is -2.32. The molecule has 0 atom stereocenters. The maximum atomic E-state index is 11.9. The third kappa shape index (κ3) is 8.01. The summed E-state index contributed by atoms with van der Waals surface area (Å²) < 4.78 is 22.9. The average Bonchev–Trinajstić information content (AvgIpc) is 2.88.